The summed E-state index contributed by atoms with van der Waals surface area (Å²) in [6.07, 6.45) is 1.20. The van der Waals surface area contributed by atoms with E-state index in [0.717, 1.165) is 29.8 Å². The van der Waals surface area contributed by atoms with E-state index in [1.807, 2.05) is 30.0 Å². The number of nitrogens with two attached hydrogens (primary N) is 1. The predicted octanol–water partition coefficient (Wildman–Crippen LogP) is 2.42. The van der Waals surface area contributed by atoms with Crippen molar-refractivity contribution in [3.8, 4) is 11.8 Å². The van der Waals surface area contributed by atoms with Crippen LogP contribution in [0.3, 0.4) is 0 Å². The maximum Gasteiger partial charge on any atom is 0.253 e. The highest BCUT2D eigenvalue weighted by Gasteiger charge is 2.26. The minimum absolute atomic E-state index is 0.134. The molecule has 0 spiro atoms. The van der Waals surface area contributed by atoms with Crippen LogP contribution in [0.2, 0.25) is 0 Å². The second-order valence-electron chi connectivity index (χ2n) is 6.19. The normalized spacial score (nSPS) is 21.6. The Hall–Kier alpha value is -1.79. The summed E-state index contributed by atoms with van der Waals surface area (Å²) in [4.78, 5) is 14.6. The van der Waals surface area contributed by atoms with Gasteiger partial charge in [0.1, 0.15) is 0 Å². The third kappa shape index (κ3) is 3.86. The molecule has 1 aromatic rings. The summed E-state index contributed by atoms with van der Waals surface area (Å²) >= 11 is 0. The van der Waals surface area contributed by atoms with Gasteiger partial charge in [0, 0.05) is 24.2 Å². The highest BCUT2D eigenvalue weighted by Crippen LogP contribution is 2.23. The number of amides is 1. The molecule has 1 saturated heterocycles. The number of benzene rings is 1. The zero-order chi connectivity index (χ0) is 15.4. The highest BCUT2D eigenvalue weighted by atomic mass is 16.2. The van der Waals surface area contributed by atoms with E-state index >= 15 is 0 Å². The fourth-order valence-electron chi connectivity index (χ4n) is 3.09. The second kappa shape index (κ2) is 6.78. The fourth-order valence-corrected chi connectivity index (χ4v) is 3.09. The lowest BCUT2D eigenvalue weighted by atomic mass is 9.91. The highest BCUT2D eigenvalue weighted by molar-refractivity contribution is 5.94. The van der Waals surface area contributed by atoms with Crippen LogP contribution in [0.4, 0.5) is 0 Å². The molecule has 1 amide bonds. The summed E-state index contributed by atoms with van der Waals surface area (Å²) in [6, 6.07) is 5.73. The quantitative estimate of drug-likeness (QED) is 0.805. The minimum Gasteiger partial charge on any atom is -0.338 e. The van der Waals surface area contributed by atoms with Crippen LogP contribution >= 0.6 is 0 Å². The molecule has 3 heteroatoms. The number of piperidine rings is 1. The predicted molar refractivity (Wildman–Crippen MR) is 86.0 cm³/mol. The van der Waals surface area contributed by atoms with Gasteiger partial charge in [-0.05, 0) is 48.9 Å². The lowest BCUT2D eigenvalue weighted by Gasteiger charge is -2.35. The van der Waals surface area contributed by atoms with Crippen molar-refractivity contribution < 1.29 is 4.79 Å². The van der Waals surface area contributed by atoms with Crippen molar-refractivity contribution in [2.45, 2.75) is 27.2 Å². The van der Waals surface area contributed by atoms with Crippen molar-refractivity contribution in [2.75, 3.05) is 19.6 Å². The third-order valence-corrected chi connectivity index (χ3v) is 3.95. The fraction of sp³-hybridized carbons (Fsp3) is 0.500. The van der Waals surface area contributed by atoms with Crippen LogP contribution in [0.15, 0.2) is 18.2 Å². The molecule has 1 aliphatic rings. The minimum atomic E-state index is 0.134. The number of rotatable bonds is 1. The van der Waals surface area contributed by atoms with Crippen molar-refractivity contribution in [1.82, 2.24) is 4.90 Å². The van der Waals surface area contributed by atoms with Crippen molar-refractivity contribution in [3.63, 3.8) is 0 Å². The largest absolute Gasteiger partial charge is 0.338 e. The van der Waals surface area contributed by atoms with Gasteiger partial charge in [-0.3, -0.25) is 4.79 Å². The van der Waals surface area contributed by atoms with Gasteiger partial charge in [0.2, 0.25) is 0 Å². The molecule has 2 N–H and O–H groups in total. The monoisotopic (exact) mass is 284 g/mol. The van der Waals surface area contributed by atoms with Crippen LogP contribution in [0.1, 0.15) is 41.8 Å². The number of carbonyl (C=O) groups excluding carboxylic acids is 1. The summed E-state index contributed by atoms with van der Waals surface area (Å²) in [7, 11) is 0. The van der Waals surface area contributed by atoms with Gasteiger partial charge in [-0.15, -0.1) is 0 Å². The standard InChI is InChI=1S/C18H24N2O/c1-13-9-14(2)12-20(11-13)18(21)17-7-6-16(5-4-8-19)15(3)10-17/h6-7,10,13-14H,8-9,11-12,19H2,1-3H3. The Bertz CT molecular complexity index is 573. The van der Waals surface area contributed by atoms with Gasteiger partial charge in [-0.1, -0.05) is 25.7 Å². The van der Waals surface area contributed by atoms with Crippen molar-refractivity contribution in [1.29, 1.82) is 0 Å². The molecular formula is C18H24N2O. The molecule has 3 nitrogen and oxygen atoms in total. The maximum atomic E-state index is 12.6. The maximum absolute atomic E-state index is 12.6. The number of likely N-dealkylation sites (tertiary alicyclic amines) is 1. The molecule has 112 valence electrons. The summed E-state index contributed by atoms with van der Waals surface area (Å²) in [5.74, 6) is 7.17. The van der Waals surface area contributed by atoms with E-state index in [-0.39, 0.29) is 5.91 Å². The number of hydrogen-bond donors (Lipinski definition) is 1. The van der Waals surface area contributed by atoms with Crippen LogP contribution in [0.25, 0.3) is 0 Å². The molecule has 1 fully saturated rings. The Kier molecular flexibility index (Phi) is 5.03. The number of aryl methyl sites for hydroxylation is 1. The molecule has 1 aromatic carbocycles. The average Bonchev–Trinajstić information content (AvgIpc) is 2.44. The summed E-state index contributed by atoms with van der Waals surface area (Å²) < 4.78 is 0. The van der Waals surface area contributed by atoms with Gasteiger partial charge in [-0.2, -0.15) is 0 Å². The topological polar surface area (TPSA) is 46.3 Å². The first kappa shape index (κ1) is 15.6. The average molecular weight is 284 g/mol. The molecule has 2 rings (SSSR count). The van der Waals surface area contributed by atoms with E-state index in [0.29, 0.717) is 18.4 Å². The van der Waals surface area contributed by atoms with Crippen LogP contribution in [-0.4, -0.2) is 30.4 Å². The van der Waals surface area contributed by atoms with Gasteiger partial charge >= 0.3 is 0 Å². The van der Waals surface area contributed by atoms with Crippen LogP contribution in [0, 0.1) is 30.6 Å². The van der Waals surface area contributed by atoms with Crippen LogP contribution in [0.5, 0.6) is 0 Å². The first-order valence-corrected chi connectivity index (χ1v) is 7.60. The molecule has 2 unspecified atom stereocenters. The number of nitrogens with zero attached hydrogens (tertiary/aromatic N) is 1. The Morgan fingerprint density at radius 3 is 2.57 bits per heavy atom. The molecule has 0 saturated carbocycles. The lowest BCUT2D eigenvalue weighted by Crippen LogP contribution is -2.42. The van der Waals surface area contributed by atoms with Crippen molar-refractivity contribution >= 4 is 5.91 Å². The summed E-state index contributed by atoms with van der Waals surface area (Å²) in [5.41, 5.74) is 8.12. The summed E-state index contributed by atoms with van der Waals surface area (Å²) in [6.45, 7) is 8.48. The Morgan fingerprint density at radius 2 is 2.00 bits per heavy atom. The molecule has 1 aliphatic heterocycles. The Morgan fingerprint density at radius 1 is 1.33 bits per heavy atom. The van der Waals surface area contributed by atoms with E-state index < -0.39 is 0 Å². The second-order valence-corrected chi connectivity index (χ2v) is 6.19. The van der Waals surface area contributed by atoms with E-state index in [1.54, 1.807) is 0 Å². The third-order valence-electron chi connectivity index (χ3n) is 3.95. The lowest BCUT2D eigenvalue weighted by molar-refractivity contribution is 0.0623. The summed E-state index contributed by atoms with van der Waals surface area (Å²) in [5, 5.41) is 0. The van der Waals surface area contributed by atoms with Gasteiger partial charge in [0.25, 0.3) is 5.91 Å². The van der Waals surface area contributed by atoms with E-state index in [9.17, 15) is 4.79 Å². The smallest absolute Gasteiger partial charge is 0.253 e. The first-order chi connectivity index (χ1) is 10.0. The van der Waals surface area contributed by atoms with Gasteiger partial charge in [0.15, 0.2) is 0 Å². The van der Waals surface area contributed by atoms with E-state index in [2.05, 4.69) is 25.7 Å². The molecule has 0 radical (unpaired) electrons. The molecule has 2 atom stereocenters. The zero-order valence-electron chi connectivity index (χ0n) is 13.1. The molecule has 0 aliphatic carbocycles. The molecule has 1 heterocycles. The van der Waals surface area contributed by atoms with Gasteiger partial charge in [0.05, 0.1) is 6.54 Å². The molecular weight excluding hydrogens is 260 g/mol. The Labute approximate surface area is 127 Å². The number of hydrogen-bond acceptors (Lipinski definition) is 2. The van der Waals surface area contributed by atoms with Crippen molar-refractivity contribution in [2.24, 2.45) is 17.6 Å². The van der Waals surface area contributed by atoms with Gasteiger partial charge < -0.3 is 10.6 Å². The zero-order valence-corrected chi connectivity index (χ0v) is 13.1. The van der Waals surface area contributed by atoms with E-state index in [1.165, 1.54) is 6.42 Å². The number of carbonyl (C=O) groups is 1. The van der Waals surface area contributed by atoms with E-state index in [4.69, 9.17) is 5.73 Å². The van der Waals surface area contributed by atoms with Crippen molar-refractivity contribution in [3.05, 3.63) is 34.9 Å². The first-order valence-electron chi connectivity index (χ1n) is 7.60. The Balaban J connectivity index is 2.18. The SMILES string of the molecule is Cc1cc(C(=O)N2CC(C)CC(C)C2)ccc1C#CCN. The molecule has 21 heavy (non-hydrogen) atoms. The molecule has 0 aromatic heterocycles. The molecule has 0 bridgehead atoms. The van der Waals surface area contributed by atoms with Crippen LogP contribution in [-0.2, 0) is 0 Å². The van der Waals surface area contributed by atoms with Crippen LogP contribution < -0.4 is 5.73 Å². The van der Waals surface area contributed by atoms with Gasteiger partial charge in [-0.25, -0.2) is 0 Å².